The molecule has 0 bridgehead atoms. The Morgan fingerprint density at radius 2 is 0.561 bits per heavy atom. The van der Waals surface area contributed by atoms with Gasteiger partial charge in [0.25, 0.3) is 0 Å². The number of nitrogens with zero attached hydrogens (tertiary/aromatic N) is 4. The molecule has 7 nitrogen and oxygen atoms in total. The van der Waals surface area contributed by atoms with Crippen molar-refractivity contribution in [3.8, 4) is 146 Å². The van der Waals surface area contributed by atoms with Crippen LogP contribution in [0.25, 0.3) is 166 Å². The highest BCUT2D eigenvalue weighted by Gasteiger charge is 2.53. The molecular weight excluding hydrogens is 1410 g/mol. The summed E-state index contributed by atoms with van der Waals surface area (Å²) in [5.74, 6) is 4.62. The number of hydrogen-bond donors (Lipinski definition) is 0. The molecule has 20 aromatic rings. The minimum atomic E-state index is -0.759. The second-order valence-electron chi connectivity index (χ2n) is 30.2. The van der Waals surface area contributed by atoms with Gasteiger partial charge in [0.1, 0.15) is 34.2 Å². The van der Waals surface area contributed by atoms with Gasteiger partial charge in [0, 0.05) is 86.6 Å². The fourth-order valence-corrected chi connectivity index (χ4v) is 20.0. The number of furan rings is 1. The smallest absolute Gasteiger partial charge is 0.160 e. The van der Waals surface area contributed by atoms with Gasteiger partial charge in [0.15, 0.2) is 11.6 Å². The Bertz CT molecular complexity index is 7350. The number of thiophene rings is 1. The molecule has 0 amide bonds. The Hall–Kier alpha value is -14.7. The van der Waals surface area contributed by atoms with Gasteiger partial charge in [-0.05, 0) is 169 Å². The summed E-state index contributed by atoms with van der Waals surface area (Å²) in [6.45, 7) is 0. The van der Waals surface area contributed by atoms with E-state index in [1.165, 1.54) is 64.7 Å². The number of benzene rings is 16. The summed E-state index contributed by atoms with van der Waals surface area (Å²) >= 11 is 1.82. The molecule has 530 valence electrons. The minimum absolute atomic E-state index is 0.583. The largest absolute Gasteiger partial charge is 0.457 e. The molecule has 4 aliphatic rings. The molecule has 16 aromatic carbocycles. The van der Waals surface area contributed by atoms with Crippen molar-refractivity contribution in [2.45, 2.75) is 10.8 Å². The maximum absolute atomic E-state index is 7.20. The van der Waals surface area contributed by atoms with Crippen LogP contribution in [0.3, 0.4) is 0 Å². The lowest BCUT2D eigenvalue weighted by molar-refractivity contribution is 0.436. The third-order valence-electron chi connectivity index (χ3n) is 24.1. The average molecular weight is 1470 g/mol. The first-order valence-corrected chi connectivity index (χ1v) is 39.5. The zero-order valence-electron chi connectivity index (χ0n) is 61.2. The lowest BCUT2D eigenvalue weighted by Gasteiger charge is -2.40. The van der Waals surface area contributed by atoms with E-state index in [0.717, 1.165) is 157 Å². The average Bonchev–Trinajstić information content (AvgIpc) is 1.50. The lowest BCUT2D eigenvalue weighted by Crippen LogP contribution is -2.32. The van der Waals surface area contributed by atoms with Gasteiger partial charge >= 0.3 is 0 Å². The zero-order chi connectivity index (χ0) is 74.7. The quantitative estimate of drug-likeness (QED) is 0.142. The summed E-state index contributed by atoms with van der Waals surface area (Å²) in [4.78, 5) is 21.6. The van der Waals surface area contributed by atoms with Crippen molar-refractivity contribution in [2.75, 3.05) is 0 Å². The van der Waals surface area contributed by atoms with Crippen LogP contribution in [0, 0.1) is 0 Å². The normalized spacial score (nSPS) is 13.4. The third kappa shape index (κ3) is 9.68. The summed E-state index contributed by atoms with van der Waals surface area (Å²) in [5.41, 5.74) is 30.0. The SMILES string of the molecule is c1ccc(-c2cc(-c3ccc4c(c3)sc3ccccc34)nc(-c3ccc(-c4ccc5c(c4)C4(c6cc(-c7cccc(-c8cc(-c9ccc%10c(c9)oc9ccccc9%10)nc(-c9ccc(-c%10ccc%11c(c%10)C%10(c%12ccccc%12O%11)c%11ccccc%11-c%11ccccc%11%10)cc9)n8)c7)ccc6O5)c5ccccc5-c5ccccc54)cc3)n2)cc1. The molecule has 2 aliphatic heterocycles. The second kappa shape index (κ2) is 24.9. The van der Waals surface area contributed by atoms with Gasteiger partial charge in [-0.3, -0.25) is 0 Å². The molecule has 2 aliphatic carbocycles. The van der Waals surface area contributed by atoms with Crippen LogP contribution in [0.5, 0.6) is 23.0 Å². The zero-order valence-corrected chi connectivity index (χ0v) is 62.0. The van der Waals surface area contributed by atoms with Gasteiger partial charge in [-0.2, -0.15) is 0 Å². The highest BCUT2D eigenvalue weighted by Crippen LogP contribution is 2.65. The van der Waals surface area contributed by atoms with E-state index in [9.17, 15) is 0 Å². The van der Waals surface area contributed by atoms with Crippen molar-refractivity contribution < 1.29 is 13.9 Å². The molecule has 114 heavy (non-hydrogen) atoms. The fourth-order valence-electron chi connectivity index (χ4n) is 18.9. The predicted molar refractivity (Wildman–Crippen MR) is 461 cm³/mol. The van der Waals surface area contributed by atoms with Gasteiger partial charge in [-0.15, -0.1) is 11.3 Å². The summed E-state index contributed by atoms with van der Waals surface area (Å²) < 4.78 is 23.1. The van der Waals surface area contributed by atoms with Crippen molar-refractivity contribution in [2.24, 2.45) is 0 Å². The van der Waals surface area contributed by atoms with E-state index >= 15 is 0 Å². The van der Waals surface area contributed by atoms with Crippen LogP contribution in [0.4, 0.5) is 0 Å². The van der Waals surface area contributed by atoms with Crippen molar-refractivity contribution in [3.05, 3.63) is 421 Å². The molecule has 8 heteroatoms. The van der Waals surface area contributed by atoms with E-state index in [-0.39, 0.29) is 0 Å². The molecule has 0 fully saturated rings. The van der Waals surface area contributed by atoms with Crippen LogP contribution >= 0.6 is 11.3 Å². The number of rotatable bonds is 9. The molecule has 0 atom stereocenters. The Morgan fingerprint density at radius 1 is 0.202 bits per heavy atom. The first-order valence-electron chi connectivity index (χ1n) is 38.7. The molecule has 24 rings (SSSR count). The van der Waals surface area contributed by atoms with Crippen LogP contribution in [-0.4, -0.2) is 19.9 Å². The highest BCUT2D eigenvalue weighted by molar-refractivity contribution is 7.25. The molecule has 0 N–H and O–H groups in total. The van der Waals surface area contributed by atoms with Gasteiger partial charge in [0.2, 0.25) is 0 Å². The molecule has 0 radical (unpaired) electrons. The Balaban J connectivity index is 0.603. The molecule has 4 aromatic heterocycles. The molecule has 0 saturated heterocycles. The van der Waals surface area contributed by atoms with Crippen molar-refractivity contribution >= 4 is 53.4 Å². The Kier molecular flexibility index (Phi) is 14.0. The summed E-state index contributed by atoms with van der Waals surface area (Å²) in [5, 5.41) is 4.66. The monoisotopic (exact) mass is 1470 g/mol. The lowest BCUT2D eigenvalue weighted by atomic mass is 9.65. The summed E-state index contributed by atoms with van der Waals surface area (Å²) in [7, 11) is 0. The first kappa shape index (κ1) is 64.2. The first-order chi connectivity index (χ1) is 56.4. The molecule has 2 spiro atoms. The predicted octanol–water partition coefficient (Wildman–Crippen LogP) is 27.5. The van der Waals surface area contributed by atoms with Crippen molar-refractivity contribution in [3.63, 3.8) is 0 Å². The van der Waals surface area contributed by atoms with E-state index in [1.807, 2.05) is 29.5 Å². The van der Waals surface area contributed by atoms with E-state index in [0.29, 0.717) is 11.6 Å². The van der Waals surface area contributed by atoms with Gasteiger partial charge in [0.05, 0.1) is 33.6 Å². The standard InChI is InChI=1S/C106H62N4O3S/c1-2-19-65(20-3-1)91-61-94(74-46-51-82-81-28-9-17-36-101(81)114-102(82)60-74)110-103(107-91)66-41-37-64(38-42-66)70-48-53-98-89(57-70)106(85-31-12-6-25-77(85)78-26-7-13-32-86(78)106)90-58-71(49-54-99(90)113-98)68-21-18-22-72(55-68)92-62-93(73-45-50-80-79-27-8-15-34-95(79)111-100(80)59-73)109-104(108-92)67-43-39-63(40-44-67)69-47-52-97-88(56-69)105(87-33-14-16-35-96(87)112-97)83-29-10-4-23-75(83)76-24-5-11-30-84(76)105/h1-62H. The topological polar surface area (TPSA) is 83.2 Å². The second-order valence-corrected chi connectivity index (χ2v) is 31.2. The molecular formula is C106H62N4O3S. The third-order valence-corrected chi connectivity index (χ3v) is 25.2. The molecule has 0 saturated carbocycles. The van der Waals surface area contributed by atoms with Crippen molar-refractivity contribution in [1.82, 2.24) is 19.9 Å². The van der Waals surface area contributed by atoms with Crippen LogP contribution in [0.1, 0.15) is 44.5 Å². The van der Waals surface area contributed by atoms with Crippen LogP contribution < -0.4 is 9.47 Å². The van der Waals surface area contributed by atoms with Crippen LogP contribution in [0.15, 0.2) is 381 Å². The van der Waals surface area contributed by atoms with E-state index in [2.05, 4.69) is 358 Å². The van der Waals surface area contributed by atoms with Gasteiger partial charge < -0.3 is 13.9 Å². The highest BCUT2D eigenvalue weighted by atomic mass is 32.1. The number of ether oxygens (including phenoxy) is 2. The number of para-hydroxylation sites is 2. The number of fused-ring (bicyclic) bond motifs is 24. The summed E-state index contributed by atoms with van der Waals surface area (Å²) in [6, 6.07) is 135. The summed E-state index contributed by atoms with van der Waals surface area (Å²) in [6.07, 6.45) is 0. The van der Waals surface area contributed by atoms with E-state index in [1.54, 1.807) is 0 Å². The van der Waals surface area contributed by atoms with E-state index in [4.69, 9.17) is 33.8 Å². The van der Waals surface area contributed by atoms with Gasteiger partial charge in [-0.25, -0.2) is 19.9 Å². The van der Waals surface area contributed by atoms with Crippen molar-refractivity contribution in [1.29, 1.82) is 0 Å². The number of aromatic nitrogens is 4. The molecule has 6 heterocycles. The van der Waals surface area contributed by atoms with Crippen LogP contribution in [-0.2, 0) is 10.8 Å². The maximum atomic E-state index is 7.20. The Morgan fingerprint density at radius 3 is 1.12 bits per heavy atom. The molecule has 0 unspecified atom stereocenters. The minimum Gasteiger partial charge on any atom is -0.457 e. The Labute approximate surface area is 660 Å². The van der Waals surface area contributed by atoms with E-state index < -0.39 is 10.8 Å². The number of hydrogen-bond acceptors (Lipinski definition) is 8. The fraction of sp³-hybridized carbons (Fsp3) is 0.0189. The van der Waals surface area contributed by atoms with Gasteiger partial charge in [-0.1, -0.05) is 285 Å². The van der Waals surface area contributed by atoms with Crippen LogP contribution in [0.2, 0.25) is 0 Å². The maximum Gasteiger partial charge on any atom is 0.160 e.